The highest BCUT2D eigenvalue weighted by Gasteiger charge is 2.30. The monoisotopic (exact) mass is 395 g/mol. The SMILES string of the molecule is CCc1ccc(CCCCC2CCC(C3CCC(/C=C(/F)C#N)CC3)CC2)cc1. The van der Waals surface area contributed by atoms with Gasteiger partial charge in [0, 0.05) is 0 Å². The molecule has 0 amide bonds. The van der Waals surface area contributed by atoms with Gasteiger partial charge in [-0.05, 0) is 98.7 Å². The summed E-state index contributed by atoms with van der Waals surface area (Å²) in [4.78, 5) is 0. The fourth-order valence-corrected chi connectivity index (χ4v) is 5.68. The Morgan fingerprint density at radius 3 is 2.10 bits per heavy atom. The third-order valence-corrected chi connectivity index (χ3v) is 7.62. The number of nitrogens with zero attached hydrogens (tertiary/aromatic N) is 1. The van der Waals surface area contributed by atoms with Gasteiger partial charge in [0.1, 0.15) is 6.07 Å². The molecule has 2 fully saturated rings. The predicted molar refractivity (Wildman–Crippen MR) is 119 cm³/mol. The van der Waals surface area contributed by atoms with E-state index in [1.165, 1.54) is 75.3 Å². The van der Waals surface area contributed by atoms with E-state index >= 15 is 0 Å². The summed E-state index contributed by atoms with van der Waals surface area (Å²) < 4.78 is 13.2. The van der Waals surface area contributed by atoms with Crippen LogP contribution >= 0.6 is 0 Å². The zero-order valence-corrected chi connectivity index (χ0v) is 18.2. The van der Waals surface area contributed by atoms with Crippen molar-refractivity contribution in [3.05, 3.63) is 47.3 Å². The molecule has 1 aromatic rings. The minimum atomic E-state index is -0.591. The summed E-state index contributed by atoms with van der Waals surface area (Å²) in [5.74, 6) is 2.39. The highest BCUT2D eigenvalue weighted by atomic mass is 19.1. The molecule has 0 saturated heterocycles. The molecule has 158 valence electrons. The largest absolute Gasteiger partial charge is 0.196 e. The van der Waals surface area contributed by atoms with Crippen molar-refractivity contribution < 1.29 is 4.39 Å². The van der Waals surface area contributed by atoms with E-state index in [1.54, 1.807) is 12.1 Å². The Hall–Kier alpha value is -1.62. The van der Waals surface area contributed by atoms with Gasteiger partial charge in [0.25, 0.3) is 0 Å². The first-order valence-electron chi connectivity index (χ1n) is 12.0. The van der Waals surface area contributed by atoms with Crippen molar-refractivity contribution in [2.45, 2.75) is 90.4 Å². The zero-order chi connectivity index (χ0) is 20.5. The van der Waals surface area contributed by atoms with E-state index in [0.29, 0.717) is 5.92 Å². The highest BCUT2D eigenvalue weighted by molar-refractivity contribution is 5.22. The van der Waals surface area contributed by atoms with Crippen LogP contribution in [0.25, 0.3) is 0 Å². The minimum absolute atomic E-state index is 0.292. The average molecular weight is 396 g/mol. The van der Waals surface area contributed by atoms with E-state index in [-0.39, 0.29) is 0 Å². The quantitative estimate of drug-likeness (QED) is 0.323. The van der Waals surface area contributed by atoms with Crippen LogP contribution in [0.4, 0.5) is 4.39 Å². The molecular formula is C27H38FN. The fraction of sp³-hybridized carbons (Fsp3) is 0.667. The van der Waals surface area contributed by atoms with E-state index in [0.717, 1.165) is 37.0 Å². The fourth-order valence-electron chi connectivity index (χ4n) is 5.68. The molecule has 0 bridgehead atoms. The Bertz CT molecular complexity index is 667. The smallest absolute Gasteiger partial charge is 0.195 e. The molecule has 2 aliphatic carbocycles. The molecule has 29 heavy (non-hydrogen) atoms. The molecule has 0 unspecified atom stereocenters. The van der Waals surface area contributed by atoms with Gasteiger partial charge in [0.15, 0.2) is 5.83 Å². The Balaban J connectivity index is 1.29. The lowest BCUT2D eigenvalue weighted by molar-refractivity contribution is 0.151. The number of nitriles is 1. The molecule has 2 heteroatoms. The van der Waals surface area contributed by atoms with Crippen LogP contribution in [0.2, 0.25) is 0 Å². The molecule has 2 saturated carbocycles. The van der Waals surface area contributed by atoms with E-state index in [4.69, 9.17) is 5.26 Å². The van der Waals surface area contributed by atoms with Gasteiger partial charge in [0.05, 0.1) is 0 Å². The maximum Gasteiger partial charge on any atom is 0.196 e. The number of aryl methyl sites for hydroxylation is 2. The summed E-state index contributed by atoms with van der Waals surface area (Å²) in [6, 6.07) is 10.8. The van der Waals surface area contributed by atoms with Gasteiger partial charge < -0.3 is 0 Å². The standard InChI is InChI=1S/C27H38FN/c1-2-21-7-9-22(10-8-21)5-3-4-6-23-11-15-25(16-12-23)26-17-13-24(14-18-26)19-27(28)20-29/h7-10,19,23-26H,2-6,11-18H2,1H3/b27-19+. The van der Waals surface area contributed by atoms with Crippen molar-refractivity contribution in [3.8, 4) is 6.07 Å². The summed E-state index contributed by atoms with van der Waals surface area (Å²) in [5, 5.41) is 8.61. The van der Waals surface area contributed by atoms with Crippen molar-refractivity contribution in [1.82, 2.24) is 0 Å². The molecule has 0 atom stereocenters. The van der Waals surface area contributed by atoms with Crippen LogP contribution in [0.15, 0.2) is 36.2 Å². The first-order chi connectivity index (χ1) is 14.2. The Labute approximate surface area is 177 Å². The van der Waals surface area contributed by atoms with Crippen LogP contribution in [0, 0.1) is 35.0 Å². The van der Waals surface area contributed by atoms with Crippen molar-refractivity contribution in [2.75, 3.05) is 0 Å². The summed E-state index contributed by atoms with van der Waals surface area (Å²) in [7, 11) is 0. The van der Waals surface area contributed by atoms with E-state index < -0.39 is 5.83 Å². The Kier molecular flexibility index (Phi) is 8.78. The molecule has 0 aliphatic heterocycles. The lowest BCUT2D eigenvalue weighted by Gasteiger charge is -2.37. The first-order valence-corrected chi connectivity index (χ1v) is 12.0. The van der Waals surface area contributed by atoms with Gasteiger partial charge in [-0.15, -0.1) is 0 Å². The van der Waals surface area contributed by atoms with Crippen LogP contribution < -0.4 is 0 Å². The second kappa shape index (κ2) is 11.5. The van der Waals surface area contributed by atoms with E-state index in [9.17, 15) is 4.39 Å². The topological polar surface area (TPSA) is 23.8 Å². The second-order valence-electron chi connectivity index (χ2n) is 9.50. The van der Waals surface area contributed by atoms with E-state index in [2.05, 4.69) is 31.2 Å². The number of unbranched alkanes of at least 4 members (excludes halogenated alkanes) is 1. The second-order valence-corrected chi connectivity index (χ2v) is 9.50. The molecular weight excluding hydrogens is 357 g/mol. The van der Waals surface area contributed by atoms with Crippen LogP contribution in [0.3, 0.4) is 0 Å². The zero-order valence-electron chi connectivity index (χ0n) is 18.2. The normalized spacial score (nSPS) is 28.1. The maximum absolute atomic E-state index is 13.2. The van der Waals surface area contributed by atoms with Crippen LogP contribution in [-0.2, 0) is 12.8 Å². The van der Waals surface area contributed by atoms with Crippen LogP contribution in [-0.4, -0.2) is 0 Å². The van der Waals surface area contributed by atoms with E-state index in [1.807, 2.05) is 0 Å². The molecule has 2 aliphatic rings. The molecule has 0 aromatic heterocycles. The average Bonchev–Trinajstić information content (AvgIpc) is 2.78. The molecule has 3 rings (SSSR count). The third kappa shape index (κ3) is 6.98. The molecule has 0 N–H and O–H groups in total. The summed E-state index contributed by atoms with van der Waals surface area (Å²) in [6.07, 6.45) is 18.2. The van der Waals surface area contributed by atoms with Crippen molar-refractivity contribution in [2.24, 2.45) is 23.7 Å². The molecule has 1 nitrogen and oxygen atoms in total. The van der Waals surface area contributed by atoms with Crippen LogP contribution in [0.5, 0.6) is 0 Å². The molecule has 0 heterocycles. The molecule has 0 radical (unpaired) electrons. The first kappa shape index (κ1) is 22.1. The summed E-state index contributed by atoms with van der Waals surface area (Å²) in [6.45, 7) is 2.21. The number of halogens is 1. The van der Waals surface area contributed by atoms with Gasteiger partial charge in [-0.1, -0.05) is 56.9 Å². The number of allylic oxidation sites excluding steroid dienone is 2. The lowest BCUT2D eigenvalue weighted by Crippen LogP contribution is -2.25. The predicted octanol–water partition coefficient (Wildman–Crippen LogP) is 7.95. The number of rotatable bonds is 8. The van der Waals surface area contributed by atoms with Gasteiger partial charge >= 0.3 is 0 Å². The summed E-state index contributed by atoms with van der Waals surface area (Å²) >= 11 is 0. The minimum Gasteiger partial charge on any atom is -0.195 e. The van der Waals surface area contributed by atoms with Crippen molar-refractivity contribution in [3.63, 3.8) is 0 Å². The lowest BCUT2D eigenvalue weighted by atomic mass is 9.68. The Morgan fingerprint density at radius 2 is 1.52 bits per heavy atom. The number of benzene rings is 1. The van der Waals surface area contributed by atoms with Gasteiger partial charge in [-0.25, -0.2) is 0 Å². The third-order valence-electron chi connectivity index (χ3n) is 7.62. The van der Waals surface area contributed by atoms with Crippen molar-refractivity contribution in [1.29, 1.82) is 5.26 Å². The van der Waals surface area contributed by atoms with Crippen molar-refractivity contribution >= 4 is 0 Å². The van der Waals surface area contributed by atoms with Gasteiger partial charge in [0.2, 0.25) is 0 Å². The Morgan fingerprint density at radius 1 is 0.931 bits per heavy atom. The highest BCUT2D eigenvalue weighted by Crippen LogP contribution is 2.42. The molecule has 1 aromatic carbocycles. The van der Waals surface area contributed by atoms with Gasteiger partial charge in [-0.3, -0.25) is 0 Å². The maximum atomic E-state index is 13.2. The number of hydrogen-bond donors (Lipinski definition) is 0. The summed E-state index contributed by atoms with van der Waals surface area (Å²) in [5.41, 5.74) is 2.93. The van der Waals surface area contributed by atoms with Crippen LogP contribution in [0.1, 0.15) is 88.7 Å². The number of hydrogen-bond acceptors (Lipinski definition) is 1. The molecule has 0 spiro atoms. The van der Waals surface area contributed by atoms with Gasteiger partial charge in [-0.2, -0.15) is 9.65 Å².